The van der Waals surface area contributed by atoms with Gasteiger partial charge in [0.2, 0.25) is 5.88 Å². The smallest absolute Gasteiger partial charge is 0.221 e. The molecule has 0 amide bonds. The second-order valence-electron chi connectivity index (χ2n) is 3.14. The van der Waals surface area contributed by atoms with E-state index in [1.807, 2.05) is 0 Å². The predicted molar refractivity (Wildman–Crippen MR) is 53.0 cm³/mol. The molecular formula is C11H10FNO. The average Bonchev–Trinajstić information content (AvgIpc) is 2.19. The summed E-state index contributed by atoms with van der Waals surface area (Å²) in [7, 11) is 1.56. The van der Waals surface area contributed by atoms with Gasteiger partial charge in [0.05, 0.1) is 7.11 Å². The summed E-state index contributed by atoms with van der Waals surface area (Å²) in [5, 5.41) is 1.65. The van der Waals surface area contributed by atoms with Crippen molar-refractivity contribution >= 4 is 10.8 Å². The third-order valence-electron chi connectivity index (χ3n) is 2.20. The Morgan fingerprint density at radius 1 is 1.36 bits per heavy atom. The number of halogens is 1. The van der Waals surface area contributed by atoms with Crippen LogP contribution in [-0.4, -0.2) is 12.1 Å². The zero-order chi connectivity index (χ0) is 10.1. The quantitative estimate of drug-likeness (QED) is 0.691. The average molecular weight is 191 g/mol. The summed E-state index contributed by atoms with van der Waals surface area (Å²) < 4.78 is 18.3. The van der Waals surface area contributed by atoms with E-state index in [4.69, 9.17) is 4.74 Å². The molecule has 1 aromatic carbocycles. The fourth-order valence-electron chi connectivity index (χ4n) is 1.44. The number of ether oxygens (including phenoxy) is 1. The molecule has 2 nitrogen and oxygen atoms in total. The van der Waals surface area contributed by atoms with Gasteiger partial charge in [-0.05, 0) is 36.1 Å². The molecule has 14 heavy (non-hydrogen) atoms. The third-order valence-corrected chi connectivity index (χ3v) is 2.20. The lowest BCUT2D eigenvalue weighted by Crippen LogP contribution is -1.90. The second-order valence-corrected chi connectivity index (χ2v) is 3.14. The molecule has 2 rings (SSSR count). The summed E-state index contributed by atoms with van der Waals surface area (Å²) in [6.07, 6.45) is 1.61. The van der Waals surface area contributed by atoms with Crippen LogP contribution in [0.1, 0.15) is 5.56 Å². The number of hydrogen-bond donors (Lipinski definition) is 0. The minimum atomic E-state index is -0.203. The number of benzene rings is 1. The fourth-order valence-corrected chi connectivity index (χ4v) is 1.44. The van der Waals surface area contributed by atoms with Crippen LogP contribution in [0.5, 0.6) is 5.88 Å². The first-order chi connectivity index (χ1) is 6.72. The highest BCUT2D eigenvalue weighted by Crippen LogP contribution is 2.25. The van der Waals surface area contributed by atoms with E-state index in [-0.39, 0.29) is 5.82 Å². The third kappa shape index (κ3) is 1.31. The summed E-state index contributed by atoms with van der Waals surface area (Å²) in [6.45, 7) is 1.72. The number of pyridine rings is 1. The van der Waals surface area contributed by atoms with Crippen molar-refractivity contribution in [2.75, 3.05) is 7.11 Å². The molecule has 0 saturated heterocycles. The maximum absolute atomic E-state index is 13.2. The summed E-state index contributed by atoms with van der Waals surface area (Å²) in [4.78, 5) is 4.05. The van der Waals surface area contributed by atoms with E-state index >= 15 is 0 Å². The molecule has 0 N–H and O–H groups in total. The molecule has 1 aromatic heterocycles. The molecule has 0 fully saturated rings. The highest BCUT2D eigenvalue weighted by atomic mass is 19.1. The lowest BCUT2D eigenvalue weighted by molar-refractivity contribution is 0.403. The first kappa shape index (κ1) is 8.94. The van der Waals surface area contributed by atoms with Crippen molar-refractivity contribution in [3.63, 3.8) is 0 Å². The molecule has 0 spiro atoms. The minimum Gasteiger partial charge on any atom is -0.481 e. The van der Waals surface area contributed by atoms with Gasteiger partial charge in [-0.25, -0.2) is 9.37 Å². The highest BCUT2D eigenvalue weighted by molar-refractivity contribution is 5.87. The number of aromatic nitrogens is 1. The van der Waals surface area contributed by atoms with Gasteiger partial charge < -0.3 is 4.74 Å². The summed E-state index contributed by atoms with van der Waals surface area (Å²) in [6, 6.07) is 5.01. The molecule has 0 radical (unpaired) electrons. The number of fused-ring (bicyclic) bond motifs is 1. The van der Waals surface area contributed by atoms with Gasteiger partial charge in [-0.2, -0.15) is 0 Å². The van der Waals surface area contributed by atoms with Gasteiger partial charge >= 0.3 is 0 Å². The van der Waals surface area contributed by atoms with Gasteiger partial charge in [0.1, 0.15) is 5.82 Å². The standard InChI is InChI=1S/C11H10FNO/c1-7-5-9-8(6-10(7)12)3-4-13-11(9)14-2/h3-6H,1-2H3. The van der Waals surface area contributed by atoms with E-state index in [0.717, 1.165) is 10.8 Å². The van der Waals surface area contributed by atoms with Crippen molar-refractivity contribution in [3.8, 4) is 5.88 Å². The van der Waals surface area contributed by atoms with E-state index in [9.17, 15) is 4.39 Å². The maximum Gasteiger partial charge on any atom is 0.221 e. The zero-order valence-corrected chi connectivity index (χ0v) is 8.04. The van der Waals surface area contributed by atoms with Crippen molar-refractivity contribution in [2.24, 2.45) is 0 Å². The Morgan fingerprint density at radius 3 is 2.86 bits per heavy atom. The predicted octanol–water partition coefficient (Wildman–Crippen LogP) is 2.69. The molecule has 0 atom stereocenters. The van der Waals surface area contributed by atoms with Crippen molar-refractivity contribution in [3.05, 3.63) is 35.8 Å². The molecule has 3 heteroatoms. The van der Waals surface area contributed by atoms with Crippen molar-refractivity contribution in [2.45, 2.75) is 6.92 Å². The molecule has 72 valence electrons. The van der Waals surface area contributed by atoms with Crippen LogP contribution < -0.4 is 4.74 Å². The zero-order valence-electron chi connectivity index (χ0n) is 8.04. The number of methoxy groups -OCH3 is 1. The van der Waals surface area contributed by atoms with Crippen LogP contribution in [0.15, 0.2) is 24.4 Å². The highest BCUT2D eigenvalue weighted by Gasteiger charge is 2.05. The number of hydrogen-bond acceptors (Lipinski definition) is 2. The SMILES string of the molecule is COc1nccc2cc(F)c(C)cc12. The van der Waals surface area contributed by atoms with Crippen LogP contribution in [-0.2, 0) is 0 Å². The Bertz CT molecular complexity index is 482. The number of aryl methyl sites for hydroxylation is 1. The summed E-state index contributed by atoms with van der Waals surface area (Å²) in [5.74, 6) is 0.330. The summed E-state index contributed by atoms with van der Waals surface area (Å²) in [5.41, 5.74) is 0.601. The van der Waals surface area contributed by atoms with Gasteiger partial charge in [-0.15, -0.1) is 0 Å². The van der Waals surface area contributed by atoms with Crippen molar-refractivity contribution in [1.29, 1.82) is 0 Å². The Kier molecular flexibility index (Phi) is 2.08. The molecule has 0 unspecified atom stereocenters. The number of rotatable bonds is 1. The second kappa shape index (κ2) is 3.25. The van der Waals surface area contributed by atoms with E-state index in [1.165, 1.54) is 6.07 Å². The van der Waals surface area contributed by atoms with Gasteiger partial charge in [0, 0.05) is 11.6 Å². The van der Waals surface area contributed by atoms with Crippen molar-refractivity contribution < 1.29 is 9.13 Å². The van der Waals surface area contributed by atoms with Crippen LogP contribution in [0, 0.1) is 12.7 Å². The van der Waals surface area contributed by atoms with Crippen molar-refractivity contribution in [1.82, 2.24) is 4.98 Å². The van der Waals surface area contributed by atoms with E-state index in [1.54, 1.807) is 32.4 Å². The Hall–Kier alpha value is -1.64. The number of nitrogens with zero attached hydrogens (tertiary/aromatic N) is 1. The lowest BCUT2D eigenvalue weighted by atomic mass is 10.1. The molecule has 0 saturated carbocycles. The van der Waals surface area contributed by atoms with Crippen LogP contribution in [0.2, 0.25) is 0 Å². The van der Waals surface area contributed by atoms with Gasteiger partial charge in [-0.3, -0.25) is 0 Å². The molecule has 2 aromatic rings. The largest absolute Gasteiger partial charge is 0.481 e. The van der Waals surface area contributed by atoms with Gasteiger partial charge in [-0.1, -0.05) is 0 Å². The Labute approximate surface area is 81.3 Å². The first-order valence-electron chi connectivity index (χ1n) is 4.31. The Balaban J connectivity index is 2.81. The molecule has 0 aliphatic rings. The normalized spacial score (nSPS) is 10.5. The van der Waals surface area contributed by atoms with Crippen LogP contribution in [0.25, 0.3) is 10.8 Å². The molecule has 0 aliphatic heterocycles. The van der Waals surface area contributed by atoms with E-state index in [2.05, 4.69) is 4.98 Å². The molecular weight excluding hydrogens is 181 g/mol. The Morgan fingerprint density at radius 2 is 2.14 bits per heavy atom. The fraction of sp³-hybridized carbons (Fsp3) is 0.182. The maximum atomic E-state index is 13.2. The topological polar surface area (TPSA) is 22.1 Å². The molecule has 1 heterocycles. The van der Waals surface area contributed by atoms with Crippen LogP contribution >= 0.6 is 0 Å². The minimum absolute atomic E-state index is 0.203. The van der Waals surface area contributed by atoms with E-state index < -0.39 is 0 Å². The monoisotopic (exact) mass is 191 g/mol. The van der Waals surface area contributed by atoms with Crippen LogP contribution in [0.4, 0.5) is 4.39 Å². The van der Waals surface area contributed by atoms with Gasteiger partial charge in [0.15, 0.2) is 0 Å². The summed E-state index contributed by atoms with van der Waals surface area (Å²) >= 11 is 0. The molecule has 0 aliphatic carbocycles. The molecule has 0 bridgehead atoms. The van der Waals surface area contributed by atoms with E-state index in [0.29, 0.717) is 11.4 Å². The lowest BCUT2D eigenvalue weighted by Gasteiger charge is -2.05. The van der Waals surface area contributed by atoms with Gasteiger partial charge in [0.25, 0.3) is 0 Å². The van der Waals surface area contributed by atoms with Crippen LogP contribution in [0.3, 0.4) is 0 Å². The first-order valence-corrected chi connectivity index (χ1v) is 4.31.